The fourth-order valence-corrected chi connectivity index (χ4v) is 2.95. The molecule has 0 amide bonds. The van der Waals surface area contributed by atoms with Crippen molar-refractivity contribution in [2.45, 2.75) is 26.4 Å². The summed E-state index contributed by atoms with van der Waals surface area (Å²) in [6, 6.07) is 10.3. The van der Waals surface area contributed by atoms with Gasteiger partial charge in [-0.05, 0) is 36.4 Å². The molecule has 5 nitrogen and oxygen atoms in total. The van der Waals surface area contributed by atoms with Gasteiger partial charge in [0.25, 0.3) is 5.56 Å². The summed E-state index contributed by atoms with van der Waals surface area (Å²) in [5.41, 5.74) is 2.24. The van der Waals surface area contributed by atoms with Crippen molar-refractivity contribution < 1.29 is 9.84 Å². The molecule has 5 heteroatoms. The van der Waals surface area contributed by atoms with Gasteiger partial charge < -0.3 is 9.84 Å². The molecule has 0 bridgehead atoms. The molecular formula is C21H20N2O3. The van der Waals surface area contributed by atoms with Crippen LogP contribution in [0, 0.1) is 12.3 Å². The molecule has 1 N–H and O–H groups in total. The maximum Gasteiger partial charge on any atom is 0.265 e. The third-order valence-corrected chi connectivity index (χ3v) is 4.24. The van der Waals surface area contributed by atoms with Crippen LogP contribution in [0.2, 0.25) is 0 Å². The summed E-state index contributed by atoms with van der Waals surface area (Å²) < 4.78 is 6.77. The van der Waals surface area contributed by atoms with Gasteiger partial charge in [0, 0.05) is 24.2 Å². The summed E-state index contributed by atoms with van der Waals surface area (Å²) in [6.45, 7) is 4.12. The van der Waals surface area contributed by atoms with Crippen LogP contribution in [0.25, 0.3) is 16.6 Å². The Morgan fingerprint density at radius 2 is 1.92 bits per heavy atom. The average Bonchev–Trinajstić information content (AvgIpc) is 2.64. The van der Waals surface area contributed by atoms with E-state index in [4.69, 9.17) is 16.1 Å². The lowest BCUT2D eigenvalue weighted by atomic mass is 10.1. The molecule has 26 heavy (non-hydrogen) atoms. The van der Waals surface area contributed by atoms with Gasteiger partial charge in [0.05, 0.1) is 23.2 Å². The smallest absolute Gasteiger partial charge is 0.265 e. The number of terminal acetylenes is 1. The summed E-state index contributed by atoms with van der Waals surface area (Å²) in [7, 11) is 1.54. The molecule has 0 atom stereocenters. The zero-order valence-corrected chi connectivity index (χ0v) is 15.0. The molecule has 0 saturated heterocycles. The molecule has 1 aromatic heterocycles. The number of aromatic hydroxyl groups is 1. The minimum absolute atomic E-state index is 0.00264. The summed E-state index contributed by atoms with van der Waals surface area (Å²) in [5, 5.41) is 10.6. The quantitative estimate of drug-likeness (QED) is 0.735. The highest BCUT2D eigenvalue weighted by molar-refractivity contribution is 5.83. The van der Waals surface area contributed by atoms with Crippen molar-refractivity contribution >= 4 is 10.9 Å². The molecule has 3 rings (SSSR count). The van der Waals surface area contributed by atoms with Gasteiger partial charge in [0.15, 0.2) is 0 Å². The van der Waals surface area contributed by atoms with Crippen LogP contribution in [0.15, 0.2) is 41.2 Å². The number of aromatic nitrogens is 2. The van der Waals surface area contributed by atoms with Crippen LogP contribution in [-0.2, 0) is 11.3 Å². The zero-order chi connectivity index (χ0) is 18.8. The first-order valence-corrected chi connectivity index (χ1v) is 8.31. The number of hydrogen-bond donors (Lipinski definition) is 1. The van der Waals surface area contributed by atoms with Gasteiger partial charge in [-0.3, -0.25) is 9.36 Å². The number of methoxy groups -OCH3 is 1. The summed E-state index contributed by atoms with van der Waals surface area (Å²) in [4.78, 5) is 18.0. The highest BCUT2D eigenvalue weighted by Gasteiger charge is 2.18. The Labute approximate surface area is 151 Å². The molecule has 3 aromatic rings. The van der Waals surface area contributed by atoms with Gasteiger partial charge in [-0.25, -0.2) is 4.98 Å². The largest absolute Gasteiger partial charge is 0.507 e. The van der Waals surface area contributed by atoms with E-state index in [9.17, 15) is 9.90 Å². The lowest BCUT2D eigenvalue weighted by Gasteiger charge is -2.17. The molecule has 0 saturated carbocycles. The first kappa shape index (κ1) is 17.7. The first-order chi connectivity index (χ1) is 12.5. The Kier molecular flexibility index (Phi) is 4.79. The van der Waals surface area contributed by atoms with Gasteiger partial charge in [0.1, 0.15) is 11.6 Å². The predicted octanol–water partition coefficient (Wildman–Crippen LogP) is 3.34. The van der Waals surface area contributed by atoms with Crippen molar-refractivity contribution in [1.82, 2.24) is 9.55 Å². The molecule has 0 fully saturated rings. The van der Waals surface area contributed by atoms with E-state index >= 15 is 0 Å². The van der Waals surface area contributed by atoms with Gasteiger partial charge in [0.2, 0.25) is 0 Å². The Hall–Kier alpha value is -3.10. The van der Waals surface area contributed by atoms with Crippen LogP contribution in [0.4, 0.5) is 0 Å². The van der Waals surface area contributed by atoms with Crippen molar-refractivity contribution in [3.8, 4) is 23.8 Å². The molecule has 2 aromatic carbocycles. The Morgan fingerprint density at radius 1 is 1.23 bits per heavy atom. The second-order valence-electron chi connectivity index (χ2n) is 6.35. The van der Waals surface area contributed by atoms with Crippen molar-refractivity contribution in [1.29, 1.82) is 0 Å². The van der Waals surface area contributed by atoms with E-state index in [0.29, 0.717) is 28.0 Å². The van der Waals surface area contributed by atoms with Gasteiger partial charge >= 0.3 is 0 Å². The number of fused-ring (bicyclic) bond motifs is 1. The SMILES string of the molecule is C#Cc1ccc(-n2c(C(C)C)nc3c(COC)c(O)ccc3c2=O)cc1. The zero-order valence-electron chi connectivity index (χ0n) is 15.0. The first-order valence-electron chi connectivity index (χ1n) is 8.31. The summed E-state index contributed by atoms with van der Waals surface area (Å²) in [5.74, 6) is 3.24. The minimum atomic E-state index is -0.190. The van der Waals surface area contributed by atoms with Crippen molar-refractivity contribution in [2.24, 2.45) is 0 Å². The maximum absolute atomic E-state index is 13.2. The van der Waals surface area contributed by atoms with Crippen LogP contribution >= 0.6 is 0 Å². The van der Waals surface area contributed by atoms with Crippen LogP contribution in [0.5, 0.6) is 5.75 Å². The standard InChI is InChI=1S/C21H20N2O3/c1-5-14-6-8-15(9-7-14)23-20(13(2)3)22-19-16(21(23)25)10-11-18(24)17(19)12-26-4/h1,6-11,13,24H,12H2,2-4H3. The number of benzene rings is 2. The van der Waals surface area contributed by atoms with E-state index in [1.807, 2.05) is 26.0 Å². The van der Waals surface area contributed by atoms with E-state index in [1.54, 1.807) is 22.8 Å². The van der Waals surface area contributed by atoms with E-state index in [0.717, 1.165) is 5.56 Å². The topological polar surface area (TPSA) is 64.3 Å². The fourth-order valence-electron chi connectivity index (χ4n) is 2.95. The number of phenols is 1. The fraction of sp³-hybridized carbons (Fsp3) is 0.238. The van der Waals surface area contributed by atoms with E-state index in [2.05, 4.69) is 5.92 Å². The highest BCUT2D eigenvalue weighted by Crippen LogP contribution is 2.27. The highest BCUT2D eigenvalue weighted by atomic mass is 16.5. The number of hydrogen-bond acceptors (Lipinski definition) is 4. The average molecular weight is 348 g/mol. The number of phenolic OH excluding ortho intramolecular Hbond substituents is 1. The lowest BCUT2D eigenvalue weighted by molar-refractivity contribution is 0.183. The second-order valence-corrected chi connectivity index (χ2v) is 6.35. The summed E-state index contributed by atoms with van der Waals surface area (Å²) in [6.07, 6.45) is 5.41. The van der Waals surface area contributed by atoms with Gasteiger partial charge in [-0.2, -0.15) is 0 Å². The number of ether oxygens (including phenoxy) is 1. The van der Waals surface area contributed by atoms with Gasteiger partial charge in [-0.1, -0.05) is 19.8 Å². The molecule has 1 heterocycles. The molecule has 0 aliphatic carbocycles. The maximum atomic E-state index is 13.2. The van der Waals surface area contributed by atoms with Crippen LogP contribution in [-0.4, -0.2) is 21.8 Å². The van der Waals surface area contributed by atoms with Crippen molar-refractivity contribution in [3.05, 3.63) is 63.7 Å². The molecule has 0 aliphatic rings. The second kappa shape index (κ2) is 7.03. The molecule has 0 aliphatic heterocycles. The Morgan fingerprint density at radius 3 is 2.50 bits per heavy atom. The van der Waals surface area contributed by atoms with Crippen LogP contribution in [0.1, 0.15) is 36.7 Å². The number of rotatable bonds is 4. The Balaban J connectivity index is 2.38. The third kappa shape index (κ3) is 2.96. The van der Waals surface area contributed by atoms with E-state index in [1.165, 1.54) is 13.2 Å². The van der Waals surface area contributed by atoms with E-state index in [-0.39, 0.29) is 23.8 Å². The summed E-state index contributed by atoms with van der Waals surface area (Å²) >= 11 is 0. The van der Waals surface area contributed by atoms with Crippen molar-refractivity contribution in [2.75, 3.05) is 7.11 Å². The number of nitrogens with zero attached hydrogens (tertiary/aromatic N) is 2. The predicted molar refractivity (Wildman–Crippen MR) is 102 cm³/mol. The van der Waals surface area contributed by atoms with Crippen molar-refractivity contribution in [3.63, 3.8) is 0 Å². The molecule has 132 valence electrons. The molecule has 0 radical (unpaired) electrons. The van der Waals surface area contributed by atoms with Crippen LogP contribution in [0.3, 0.4) is 0 Å². The monoisotopic (exact) mass is 348 g/mol. The molecule has 0 unspecified atom stereocenters. The molecule has 0 spiro atoms. The molecular weight excluding hydrogens is 328 g/mol. The normalized spacial score (nSPS) is 11.0. The lowest BCUT2D eigenvalue weighted by Crippen LogP contribution is -2.25. The Bertz CT molecular complexity index is 1060. The van der Waals surface area contributed by atoms with Gasteiger partial charge in [-0.15, -0.1) is 6.42 Å². The minimum Gasteiger partial charge on any atom is -0.507 e. The van der Waals surface area contributed by atoms with Crippen LogP contribution < -0.4 is 5.56 Å². The third-order valence-electron chi connectivity index (χ3n) is 4.24. The van der Waals surface area contributed by atoms with E-state index < -0.39 is 0 Å².